The summed E-state index contributed by atoms with van der Waals surface area (Å²) >= 11 is 1.28. The summed E-state index contributed by atoms with van der Waals surface area (Å²) in [5.41, 5.74) is 4.60. The molecule has 6 rings (SSSR count). The topological polar surface area (TPSA) is 76.9 Å². The fourth-order valence-electron chi connectivity index (χ4n) is 6.94. The molecule has 0 radical (unpaired) electrons. The number of β-amino-alcohol motifs (C(OH)–C–C–N with tert-alkyl or cyclic N) is 1. The van der Waals surface area contributed by atoms with Crippen molar-refractivity contribution >= 4 is 23.2 Å². The van der Waals surface area contributed by atoms with Crippen LogP contribution in [-0.4, -0.2) is 101 Å². The fourth-order valence-corrected chi connectivity index (χ4v) is 8.06. The molecule has 2 aromatic carbocycles. The molecule has 0 saturated carbocycles. The van der Waals surface area contributed by atoms with Crippen LogP contribution in [-0.2, 0) is 25.7 Å². The molecule has 2 fully saturated rings. The maximum atomic E-state index is 14.0. The third kappa shape index (κ3) is 8.40. The van der Waals surface area contributed by atoms with Crippen LogP contribution < -0.4 is 10.2 Å². The molecule has 1 unspecified atom stereocenters. The minimum atomic E-state index is -4.43. The second-order valence-corrected chi connectivity index (χ2v) is 14.0. The number of nitrogens with one attached hydrogen (secondary N) is 1. The van der Waals surface area contributed by atoms with Crippen LogP contribution in [0.5, 0.6) is 0 Å². The number of aliphatic hydroxyl groups is 1. The van der Waals surface area contributed by atoms with Crippen LogP contribution in [0.2, 0.25) is 0 Å². The van der Waals surface area contributed by atoms with Gasteiger partial charge in [-0.1, -0.05) is 12.5 Å². The highest BCUT2D eigenvalue weighted by molar-refractivity contribution is 7.99. The smallest absolute Gasteiger partial charge is 0.390 e. The molecule has 0 amide bonds. The molecule has 12 heteroatoms. The number of anilines is 1. The summed E-state index contributed by atoms with van der Waals surface area (Å²) < 4.78 is 44.0. The lowest BCUT2D eigenvalue weighted by Gasteiger charge is -2.37. The van der Waals surface area contributed by atoms with Gasteiger partial charge in [0.05, 0.1) is 23.9 Å². The number of alkyl halides is 3. The van der Waals surface area contributed by atoms with Gasteiger partial charge >= 0.3 is 6.18 Å². The lowest BCUT2D eigenvalue weighted by molar-refractivity contribution is -0.139. The highest BCUT2D eigenvalue weighted by Crippen LogP contribution is 2.40. The van der Waals surface area contributed by atoms with Gasteiger partial charge < -0.3 is 20.2 Å². The Labute approximate surface area is 279 Å². The monoisotopic (exact) mass is 670 g/mol. The van der Waals surface area contributed by atoms with E-state index in [9.17, 15) is 23.1 Å². The highest BCUT2D eigenvalue weighted by Gasteiger charge is 2.34. The van der Waals surface area contributed by atoms with Gasteiger partial charge in [0.25, 0.3) is 0 Å². The summed E-state index contributed by atoms with van der Waals surface area (Å²) in [6.07, 6.45) is -0.795. The van der Waals surface area contributed by atoms with Crippen molar-refractivity contribution in [3.63, 3.8) is 0 Å². The Hall–Kier alpha value is -2.90. The SMILES string of the molecule is CC(=O)c1ccc(N2CCN(CC(O)Cn3nc(-c4ccc(C(F)(F)F)c(SCCN5CCCCC5)c4)c4c3CCNC4)CC2)cc1. The van der Waals surface area contributed by atoms with Gasteiger partial charge in [-0.25, -0.2) is 0 Å². The van der Waals surface area contributed by atoms with Gasteiger partial charge in [-0.05, 0) is 69.3 Å². The molecule has 254 valence electrons. The second-order valence-electron chi connectivity index (χ2n) is 12.9. The summed E-state index contributed by atoms with van der Waals surface area (Å²) in [5.74, 6) is 0.659. The molecule has 2 saturated heterocycles. The Balaban J connectivity index is 1.12. The van der Waals surface area contributed by atoms with Crippen LogP contribution in [0, 0.1) is 0 Å². The summed E-state index contributed by atoms with van der Waals surface area (Å²) in [4.78, 5) is 18.7. The Bertz CT molecular complexity index is 1510. The maximum Gasteiger partial charge on any atom is 0.417 e. The number of hydrogen-bond donors (Lipinski definition) is 2. The van der Waals surface area contributed by atoms with Crippen molar-refractivity contribution in [1.29, 1.82) is 0 Å². The number of piperidine rings is 1. The van der Waals surface area contributed by atoms with E-state index in [2.05, 4.69) is 20.0 Å². The van der Waals surface area contributed by atoms with E-state index < -0.39 is 17.8 Å². The molecule has 2 N–H and O–H groups in total. The Morgan fingerprint density at radius 1 is 0.979 bits per heavy atom. The third-order valence-corrected chi connectivity index (χ3v) is 10.6. The third-order valence-electron chi connectivity index (χ3n) is 9.54. The van der Waals surface area contributed by atoms with Gasteiger partial charge in [0, 0.05) is 97.5 Å². The average Bonchev–Trinajstić information content (AvgIpc) is 3.43. The van der Waals surface area contributed by atoms with E-state index in [1.165, 1.54) is 24.2 Å². The number of carbonyl (C=O) groups excluding carboxylic acids is 1. The van der Waals surface area contributed by atoms with E-state index in [0.29, 0.717) is 42.2 Å². The Kier molecular flexibility index (Phi) is 10.9. The molecule has 1 aromatic heterocycles. The van der Waals surface area contributed by atoms with E-state index >= 15 is 0 Å². The number of piperazine rings is 1. The molecule has 3 aliphatic rings. The molecule has 1 atom stereocenters. The molecule has 8 nitrogen and oxygen atoms in total. The quantitative estimate of drug-likeness (QED) is 0.214. The molecule has 4 heterocycles. The van der Waals surface area contributed by atoms with Crippen molar-refractivity contribution in [3.05, 3.63) is 64.8 Å². The predicted molar refractivity (Wildman–Crippen MR) is 180 cm³/mol. The number of likely N-dealkylation sites (tertiary alicyclic amines) is 1. The molecule has 0 spiro atoms. The molecule has 3 aliphatic heterocycles. The lowest BCUT2D eigenvalue weighted by Crippen LogP contribution is -2.49. The second kappa shape index (κ2) is 15.1. The predicted octanol–water partition coefficient (Wildman–Crippen LogP) is 5.18. The minimum Gasteiger partial charge on any atom is -0.390 e. The van der Waals surface area contributed by atoms with E-state index in [0.717, 1.165) is 88.6 Å². The van der Waals surface area contributed by atoms with E-state index in [-0.39, 0.29) is 10.7 Å². The summed E-state index contributed by atoms with van der Waals surface area (Å²) in [7, 11) is 0. The Morgan fingerprint density at radius 3 is 2.43 bits per heavy atom. The normalized spacial score (nSPS) is 18.7. The molecular formula is C35H45F3N6O2S. The number of aliphatic hydroxyl groups excluding tert-OH is 1. The first-order valence-electron chi connectivity index (χ1n) is 16.8. The van der Waals surface area contributed by atoms with Crippen molar-refractivity contribution in [3.8, 4) is 11.3 Å². The fraction of sp³-hybridized carbons (Fsp3) is 0.543. The van der Waals surface area contributed by atoms with E-state index in [1.807, 2.05) is 28.9 Å². The average molecular weight is 671 g/mol. The van der Waals surface area contributed by atoms with Crippen LogP contribution in [0.4, 0.5) is 18.9 Å². The first-order valence-corrected chi connectivity index (χ1v) is 17.8. The number of Topliss-reactive ketones (excluding diaryl/α,β-unsaturated/α-hetero) is 1. The van der Waals surface area contributed by atoms with Crippen molar-refractivity contribution in [2.24, 2.45) is 0 Å². The molecule has 0 bridgehead atoms. The number of ketones is 1. The van der Waals surface area contributed by atoms with Crippen LogP contribution in [0.25, 0.3) is 11.3 Å². The van der Waals surface area contributed by atoms with Gasteiger partial charge in [0.15, 0.2) is 5.78 Å². The number of benzene rings is 2. The summed E-state index contributed by atoms with van der Waals surface area (Å²) in [6, 6.07) is 12.1. The van der Waals surface area contributed by atoms with Gasteiger partial charge in [-0.15, -0.1) is 11.8 Å². The number of aromatic nitrogens is 2. The minimum absolute atomic E-state index is 0.0545. The number of halogens is 3. The van der Waals surface area contributed by atoms with Gasteiger partial charge in [-0.3, -0.25) is 14.4 Å². The summed E-state index contributed by atoms with van der Waals surface area (Å²) in [6.45, 7) is 9.86. The number of nitrogens with zero attached hydrogens (tertiary/aromatic N) is 5. The standard InChI is InChI=1S/C35H45F3N6O2S/c1-25(45)26-5-8-28(9-6-26)43-17-15-42(16-18-43)23-29(46)24-44-32-11-12-39-22-30(32)34(40-44)27-7-10-31(35(36,37)38)33(21-27)47-20-19-41-13-3-2-4-14-41/h5-10,21,29,39,46H,2-4,11-20,22-24H2,1H3. The summed E-state index contributed by atoms with van der Waals surface area (Å²) in [5, 5.41) is 19.5. The molecule has 0 aliphatic carbocycles. The van der Waals surface area contributed by atoms with E-state index in [4.69, 9.17) is 5.10 Å². The maximum absolute atomic E-state index is 14.0. The molecular weight excluding hydrogens is 625 g/mol. The zero-order valence-corrected chi connectivity index (χ0v) is 27.9. The van der Waals surface area contributed by atoms with Crippen LogP contribution in [0.1, 0.15) is 53.4 Å². The van der Waals surface area contributed by atoms with Gasteiger partial charge in [0.1, 0.15) is 0 Å². The number of carbonyl (C=O) groups is 1. The first-order chi connectivity index (χ1) is 22.7. The van der Waals surface area contributed by atoms with Crippen molar-refractivity contribution in [2.75, 3.05) is 69.6 Å². The highest BCUT2D eigenvalue weighted by atomic mass is 32.2. The van der Waals surface area contributed by atoms with Crippen molar-refractivity contribution < 1.29 is 23.1 Å². The van der Waals surface area contributed by atoms with Crippen molar-refractivity contribution in [1.82, 2.24) is 24.9 Å². The van der Waals surface area contributed by atoms with E-state index in [1.54, 1.807) is 19.1 Å². The van der Waals surface area contributed by atoms with Crippen molar-refractivity contribution in [2.45, 2.75) is 62.9 Å². The number of fused-ring (bicyclic) bond motifs is 1. The first kappa shape index (κ1) is 34.0. The van der Waals surface area contributed by atoms with Crippen LogP contribution in [0.15, 0.2) is 47.4 Å². The lowest BCUT2D eigenvalue weighted by atomic mass is 10.0. The number of thioether (sulfide) groups is 1. The molecule has 3 aromatic rings. The zero-order chi connectivity index (χ0) is 33.0. The largest absolute Gasteiger partial charge is 0.417 e. The van der Waals surface area contributed by atoms with Crippen LogP contribution >= 0.6 is 11.8 Å². The number of hydrogen-bond acceptors (Lipinski definition) is 8. The van der Waals surface area contributed by atoms with Crippen LogP contribution in [0.3, 0.4) is 0 Å². The zero-order valence-electron chi connectivity index (χ0n) is 27.1. The Morgan fingerprint density at radius 2 is 1.72 bits per heavy atom. The van der Waals surface area contributed by atoms with Gasteiger partial charge in [-0.2, -0.15) is 18.3 Å². The van der Waals surface area contributed by atoms with Gasteiger partial charge in [0.2, 0.25) is 0 Å². The number of rotatable bonds is 11. The molecule has 47 heavy (non-hydrogen) atoms.